The van der Waals surface area contributed by atoms with Gasteiger partial charge in [0.05, 0.1) is 6.04 Å². The minimum Gasteiger partial charge on any atom is -0.377 e. The van der Waals surface area contributed by atoms with Crippen molar-refractivity contribution in [1.29, 1.82) is 0 Å². The maximum absolute atomic E-state index is 13.0. The lowest BCUT2D eigenvalue weighted by Crippen LogP contribution is -2.36. The van der Waals surface area contributed by atoms with Crippen LogP contribution in [0, 0.1) is 5.92 Å². The molecule has 0 bridgehead atoms. The first kappa shape index (κ1) is 23.8. The molecule has 0 saturated heterocycles. The molecule has 1 aliphatic carbocycles. The van der Waals surface area contributed by atoms with Crippen molar-refractivity contribution in [1.82, 2.24) is 4.90 Å². The highest BCUT2D eigenvalue weighted by Crippen LogP contribution is 2.30. The zero-order valence-electron chi connectivity index (χ0n) is 19.6. The van der Waals surface area contributed by atoms with Gasteiger partial charge in [0.25, 0.3) is 0 Å². The number of amides is 2. The minimum absolute atomic E-state index is 0.0204. The molecule has 0 unspecified atom stereocenters. The predicted molar refractivity (Wildman–Crippen MR) is 129 cm³/mol. The van der Waals surface area contributed by atoms with Crippen LogP contribution in [0.25, 0.3) is 0 Å². The van der Waals surface area contributed by atoms with Crippen LogP contribution in [0.2, 0.25) is 0 Å². The molecule has 2 amide bonds. The Kier molecular flexibility index (Phi) is 8.28. The van der Waals surface area contributed by atoms with E-state index in [0.717, 1.165) is 48.2 Å². The second kappa shape index (κ2) is 11.1. The van der Waals surface area contributed by atoms with Gasteiger partial charge < -0.3 is 19.9 Å². The summed E-state index contributed by atoms with van der Waals surface area (Å²) in [5, 5.41) is 3.09. The van der Waals surface area contributed by atoms with Crippen LogP contribution in [0.5, 0.6) is 0 Å². The van der Waals surface area contributed by atoms with Crippen molar-refractivity contribution in [2.75, 3.05) is 38.0 Å². The molecule has 1 fully saturated rings. The molecule has 1 atom stereocenters. The molecule has 0 aliphatic heterocycles. The maximum Gasteiger partial charge on any atom is 0.249 e. The van der Waals surface area contributed by atoms with Gasteiger partial charge in [0.15, 0.2) is 0 Å². The van der Waals surface area contributed by atoms with Crippen molar-refractivity contribution in [3.05, 3.63) is 59.7 Å². The Morgan fingerprint density at radius 1 is 1.09 bits per heavy atom. The SMILES string of the molecule is COCC(=O)N(Cc1cc(NC(=O)C2CCCC2)ccc1N(C)C)[C@H](C)c1ccccc1. The van der Waals surface area contributed by atoms with Crippen molar-refractivity contribution in [2.45, 2.75) is 45.2 Å². The van der Waals surface area contributed by atoms with Crippen LogP contribution in [0.1, 0.15) is 49.8 Å². The molecule has 1 N–H and O–H groups in total. The highest BCUT2D eigenvalue weighted by atomic mass is 16.5. The van der Waals surface area contributed by atoms with E-state index in [0.29, 0.717) is 6.54 Å². The predicted octanol–water partition coefficient (Wildman–Crippen LogP) is 4.62. The van der Waals surface area contributed by atoms with Gasteiger partial charge in [0, 0.05) is 45.0 Å². The fraction of sp³-hybridized carbons (Fsp3) is 0.462. The number of rotatable bonds is 9. The van der Waals surface area contributed by atoms with E-state index in [1.54, 1.807) is 0 Å². The van der Waals surface area contributed by atoms with E-state index in [1.807, 2.05) is 79.3 Å². The highest BCUT2D eigenvalue weighted by molar-refractivity contribution is 5.93. The molecular weight excluding hydrogens is 402 g/mol. The second-order valence-corrected chi connectivity index (χ2v) is 8.75. The minimum atomic E-state index is -0.120. The second-order valence-electron chi connectivity index (χ2n) is 8.75. The van der Waals surface area contributed by atoms with E-state index in [1.165, 1.54) is 7.11 Å². The normalized spacial score (nSPS) is 14.8. The molecule has 6 heteroatoms. The number of nitrogens with zero attached hydrogens (tertiary/aromatic N) is 2. The lowest BCUT2D eigenvalue weighted by Gasteiger charge is -2.31. The molecule has 1 saturated carbocycles. The summed E-state index contributed by atoms with van der Waals surface area (Å²) in [4.78, 5) is 29.5. The van der Waals surface area contributed by atoms with Gasteiger partial charge >= 0.3 is 0 Å². The van der Waals surface area contributed by atoms with Crippen LogP contribution >= 0.6 is 0 Å². The number of hydrogen-bond acceptors (Lipinski definition) is 4. The fourth-order valence-corrected chi connectivity index (χ4v) is 4.40. The topological polar surface area (TPSA) is 61.9 Å². The van der Waals surface area contributed by atoms with Crippen LogP contribution in [0.15, 0.2) is 48.5 Å². The number of ether oxygens (including phenoxy) is 1. The summed E-state index contributed by atoms with van der Waals surface area (Å²) in [5.74, 6) is 0.120. The number of nitrogens with one attached hydrogen (secondary N) is 1. The van der Waals surface area contributed by atoms with Crippen molar-refractivity contribution < 1.29 is 14.3 Å². The van der Waals surface area contributed by atoms with Gasteiger partial charge in [-0.3, -0.25) is 9.59 Å². The number of carbonyl (C=O) groups is 2. The zero-order valence-corrected chi connectivity index (χ0v) is 19.6. The summed E-state index contributed by atoms with van der Waals surface area (Å²) in [7, 11) is 5.50. The first-order chi connectivity index (χ1) is 15.4. The zero-order chi connectivity index (χ0) is 23.1. The summed E-state index contributed by atoms with van der Waals surface area (Å²) in [5.41, 5.74) is 3.83. The highest BCUT2D eigenvalue weighted by Gasteiger charge is 2.25. The van der Waals surface area contributed by atoms with Gasteiger partial charge in [0.2, 0.25) is 11.8 Å². The molecule has 2 aromatic carbocycles. The molecule has 0 heterocycles. The van der Waals surface area contributed by atoms with Gasteiger partial charge in [-0.15, -0.1) is 0 Å². The Hall–Kier alpha value is -2.86. The van der Waals surface area contributed by atoms with Gasteiger partial charge in [0.1, 0.15) is 6.61 Å². The van der Waals surface area contributed by atoms with E-state index >= 15 is 0 Å². The van der Waals surface area contributed by atoms with E-state index in [9.17, 15) is 9.59 Å². The summed E-state index contributed by atoms with van der Waals surface area (Å²) in [6.45, 7) is 2.47. The summed E-state index contributed by atoms with van der Waals surface area (Å²) in [6.07, 6.45) is 4.17. The van der Waals surface area contributed by atoms with Crippen molar-refractivity contribution in [3.8, 4) is 0 Å². The molecule has 2 aromatic rings. The van der Waals surface area contributed by atoms with Crippen LogP contribution in [-0.2, 0) is 20.9 Å². The molecule has 3 rings (SSSR count). The fourth-order valence-electron chi connectivity index (χ4n) is 4.40. The number of methoxy groups -OCH3 is 1. The Bertz CT molecular complexity index is 908. The summed E-state index contributed by atoms with van der Waals surface area (Å²) < 4.78 is 5.16. The number of carbonyl (C=O) groups excluding carboxylic acids is 2. The van der Waals surface area contributed by atoms with Crippen molar-refractivity contribution in [3.63, 3.8) is 0 Å². The van der Waals surface area contributed by atoms with Crippen LogP contribution in [-0.4, -0.2) is 44.5 Å². The van der Waals surface area contributed by atoms with E-state index in [4.69, 9.17) is 4.74 Å². The third kappa shape index (κ3) is 5.88. The molecule has 32 heavy (non-hydrogen) atoms. The van der Waals surface area contributed by atoms with Gasteiger partial charge in [-0.25, -0.2) is 0 Å². The lowest BCUT2D eigenvalue weighted by molar-refractivity contribution is -0.138. The average molecular weight is 438 g/mol. The maximum atomic E-state index is 13.0. The largest absolute Gasteiger partial charge is 0.377 e. The third-order valence-electron chi connectivity index (χ3n) is 6.23. The van der Waals surface area contributed by atoms with Gasteiger partial charge in [-0.1, -0.05) is 43.2 Å². The van der Waals surface area contributed by atoms with Crippen molar-refractivity contribution >= 4 is 23.2 Å². The average Bonchev–Trinajstić information content (AvgIpc) is 3.33. The molecule has 0 radical (unpaired) electrons. The Morgan fingerprint density at radius 3 is 2.41 bits per heavy atom. The molecule has 1 aliphatic rings. The smallest absolute Gasteiger partial charge is 0.249 e. The molecule has 172 valence electrons. The summed E-state index contributed by atoms with van der Waals surface area (Å²) >= 11 is 0. The number of hydrogen-bond donors (Lipinski definition) is 1. The Morgan fingerprint density at radius 2 is 1.78 bits per heavy atom. The molecular formula is C26H35N3O3. The molecule has 0 spiro atoms. The van der Waals surface area contributed by atoms with Crippen molar-refractivity contribution in [2.24, 2.45) is 5.92 Å². The lowest BCUT2D eigenvalue weighted by atomic mass is 10.0. The summed E-state index contributed by atoms with van der Waals surface area (Å²) in [6, 6.07) is 15.8. The van der Waals surface area contributed by atoms with Crippen LogP contribution in [0.3, 0.4) is 0 Å². The number of benzene rings is 2. The Balaban J connectivity index is 1.88. The number of anilines is 2. The van der Waals surface area contributed by atoms with E-state index in [2.05, 4.69) is 5.32 Å². The van der Waals surface area contributed by atoms with Crippen LogP contribution < -0.4 is 10.2 Å². The Labute approximate surface area is 191 Å². The molecule has 0 aromatic heterocycles. The third-order valence-corrected chi connectivity index (χ3v) is 6.23. The van der Waals surface area contributed by atoms with Crippen LogP contribution in [0.4, 0.5) is 11.4 Å². The first-order valence-corrected chi connectivity index (χ1v) is 11.3. The first-order valence-electron chi connectivity index (χ1n) is 11.3. The quantitative estimate of drug-likeness (QED) is 0.622. The monoisotopic (exact) mass is 437 g/mol. The van der Waals surface area contributed by atoms with E-state index < -0.39 is 0 Å². The van der Waals surface area contributed by atoms with Gasteiger partial charge in [-0.05, 0) is 49.1 Å². The van der Waals surface area contributed by atoms with Gasteiger partial charge in [-0.2, -0.15) is 0 Å². The standard InChI is InChI=1S/C26H35N3O3/c1-19(20-10-6-5-7-11-20)29(25(30)18-32-4)17-22-16-23(14-15-24(22)28(2)3)27-26(31)21-12-8-9-13-21/h5-7,10-11,14-16,19,21H,8-9,12-13,17-18H2,1-4H3,(H,27,31)/t19-/m1/s1. The van der Waals surface area contributed by atoms with E-state index in [-0.39, 0.29) is 30.4 Å². The molecule has 6 nitrogen and oxygen atoms in total.